The summed E-state index contributed by atoms with van der Waals surface area (Å²) in [4.78, 5) is 25.0. The zero-order valence-electron chi connectivity index (χ0n) is 25.0. The standard InChI is InChI=1S/C36H32N6/c1-19-21-13-9-8-12-20(21)16-24-29-28-25(37-18-38-29)17-23(27-22-14-10-11-15-26(22)42(30(19)24)31(27)28)32-39-33(35(2,3)4)41-34(40-32)36(5,6)7/h8-18H,1-7H3. The second-order valence-electron chi connectivity index (χ2n) is 13.5. The molecule has 0 spiro atoms. The molecule has 0 unspecified atom stereocenters. The first kappa shape index (κ1) is 25.0. The number of pyridine rings is 1. The normalized spacial score (nSPS) is 13.1. The van der Waals surface area contributed by atoms with Gasteiger partial charge in [-0.05, 0) is 41.5 Å². The van der Waals surface area contributed by atoms with Gasteiger partial charge in [-0.2, -0.15) is 0 Å². The molecule has 6 heteroatoms. The Morgan fingerprint density at radius 1 is 0.643 bits per heavy atom. The average Bonchev–Trinajstić information content (AvgIpc) is 3.31. The summed E-state index contributed by atoms with van der Waals surface area (Å²) >= 11 is 0. The minimum Gasteiger partial charge on any atom is -0.307 e. The molecule has 0 bridgehead atoms. The van der Waals surface area contributed by atoms with E-state index < -0.39 is 0 Å². The van der Waals surface area contributed by atoms with Crippen LogP contribution in [0.4, 0.5) is 0 Å². The molecule has 0 atom stereocenters. The molecule has 0 fully saturated rings. The molecule has 4 aromatic carbocycles. The summed E-state index contributed by atoms with van der Waals surface area (Å²) in [6.07, 6.45) is 1.69. The lowest BCUT2D eigenvalue weighted by molar-refractivity contribution is 0.497. The van der Waals surface area contributed by atoms with Crippen LogP contribution < -0.4 is 0 Å². The predicted molar refractivity (Wildman–Crippen MR) is 173 cm³/mol. The third-order valence-electron chi connectivity index (χ3n) is 8.51. The maximum atomic E-state index is 5.13. The largest absolute Gasteiger partial charge is 0.307 e. The molecule has 8 rings (SSSR count). The number of hydrogen-bond donors (Lipinski definition) is 0. The van der Waals surface area contributed by atoms with E-state index in [1.165, 1.54) is 21.9 Å². The van der Waals surface area contributed by atoms with Gasteiger partial charge >= 0.3 is 0 Å². The van der Waals surface area contributed by atoms with Gasteiger partial charge < -0.3 is 4.40 Å². The number of para-hydroxylation sites is 1. The Balaban J connectivity index is 1.65. The van der Waals surface area contributed by atoms with Crippen molar-refractivity contribution >= 4 is 59.9 Å². The highest BCUT2D eigenvalue weighted by Crippen LogP contribution is 2.45. The number of aromatic nitrogens is 6. The number of benzene rings is 4. The van der Waals surface area contributed by atoms with Crippen LogP contribution in [0.5, 0.6) is 0 Å². The summed E-state index contributed by atoms with van der Waals surface area (Å²) in [7, 11) is 0. The van der Waals surface area contributed by atoms with Crippen LogP contribution in [-0.2, 0) is 10.8 Å². The van der Waals surface area contributed by atoms with Crippen LogP contribution >= 0.6 is 0 Å². The summed E-state index contributed by atoms with van der Waals surface area (Å²) in [6.45, 7) is 15.2. The molecule has 0 saturated carbocycles. The Kier molecular flexibility index (Phi) is 4.88. The Morgan fingerprint density at radius 3 is 2.02 bits per heavy atom. The molecule has 4 heterocycles. The SMILES string of the molecule is Cc1c2ccccc2cc2c3ncnc4cc(-c5nc(C(C)(C)C)nc(C(C)(C)C)n5)c5c6ccccc6n(c12)c5c43. The zero-order chi connectivity index (χ0) is 29.1. The van der Waals surface area contributed by atoms with E-state index >= 15 is 0 Å². The summed E-state index contributed by atoms with van der Waals surface area (Å²) < 4.78 is 2.43. The van der Waals surface area contributed by atoms with Gasteiger partial charge in [0.15, 0.2) is 5.82 Å². The maximum absolute atomic E-state index is 5.13. The Labute approximate surface area is 243 Å². The average molecular weight is 549 g/mol. The van der Waals surface area contributed by atoms with E-state index in [1.54, 1.807) is 6.33 Å². The van der Waals surface area contributed by atoms with Crippen molar-refractivity contribution < 1.29 is 0 Å². The van der Waals surface area contributed by atoms with Gasteiger partial charge in [0.2, 0.25) is 0 Å². The molecule has 0 aliphatic rings. The van der Waals surface area contributed by atoms with Crippen molar-refractivity contribution in [3.8, 4) is 11.4 Å². The summed E-state index contributed by atoms with van der Waals surface area (Å²) in [5, 5.41) is 6.94. The van der Waals surface area contributed by atoms with Crippen molar-refractivity contribution in [2.24, 2.45) is 0 Å². The fourth-order valence-corrected chi connectivity index (χ4v) is 6.47. The third kappa shape index (κ3) is 3.35. The Bertz CT molecular complexity index is 2350. The minimum absolute atomic E-state index is 0.237. The van der Waals surface area contributed by atoms with Gasteiger partial charge in [0.25, 0.3) is 0 Å². The summed E-state index contributed by atoms with van der Waals surface area (Å²) in [6, 6.07) is 21.7. The molecule has 0 aliphatic carbocycles. The first-order chi connectivity index (χ1) is 20.0. The summed E-state index contributed by atoms with van der Waals surface area (Å²) in [5.41, 5.74) is 7.02. The quantitative estimate of drug-likeness (QED) is 0.152. The molecule has 0 amide bonds. The molecule has 42 heavy (non-hydrogen) atoms. The van der Waals surface area contributed by atoms with Crippen molar-refractivity contribution in [1.29, 1.82) is 0 Å². The van der Waals surface area contributed by atoms with Gasteiger partial charge in [0, 0.05) is 32.6 Å². The van der Waals surface area contributed by atoms with Crippen molar-refractivity contribution in [3.63, 3.8) is 0 Å². The van der Waals surface area contributed by atoms with E-state index in [1.807, 2.05) is 0 Å². The van der Waals surface area contributed by atoms with Gasteiger partial charge in [0.05, 0.1) is 33.0 Å². The van der Waals surface area contributed by atoms with Crippen molar-refractivity contribution in [2.45, 2.75) is 59.3 Å². The topological polar surface area (TPSA) is 68.9 Å². The van der Waals surface area contributed by atoms with Crippen LogP contribution in [0.3, 0.4) is 0 Å². The third-order valence-corrected chi connectivity index (χ3v) is 8.51. The lowest BCUT2D eigenvalue weighted by Crippen LogP contribution is -2.24. The monoisotopic (exact) mass is 548 g/mol. The fraction of sp³-hybridized carbons (Fsp3) is 0.250. The van der Waals surface area contributed by atoms with Crippen LogP contribution in [-0.4, -0.2) is 29.3 Å². The second kappa shape index (κ2) is 8.19. The van der Waals surface area contributed by atoms with Crippen molar-refractivity contribution in [2.75, 3.05) is 0 Å². The highest BCUT2D eigenvalue weighted by Gasteiger charge is 2.29. The maximum Gasteiger partial charge on any atom is 0.164 e. The fourth-order valence-electron chi connectivity index (χ4n) is 6.47. The van der Waals surface area contributed by atoms with Crippen LogP contribution in [0.15, 0.2) is 67.0 Å². The van der Waals surface area contributed by atoms with Gasteiger partial charge in [-0.15, -0.1) is 0 Å². The Morgan fingerprint density at radius 2 is 1.31 bits per heavy atom. The van der Waals surface area contributed by atoms with E-state index in [9.17, 15) is 0 Å². The molecule has 0 N–H and O–H groups in total. The van der Waals surface area contributed by atoms with Gasteiger partial charge in [-0.3, -0.25) is 0 Å². The van der Waals surface area contributed by atoms with Crippen LogP contribution in [0.2, 0.25) is 0 Å². The molecular formula is C36H32N6. The molecule has 0 aliphatic heterocycles. The lowest BCUT2D eigenvalue weighted by Gasteiger charge is -2.23. The molecule has 0 saturated heterocycles. The van der Waals surface area contributed by atoms with E-state index in [0.717, 1.165) is 60.8 Å². The molecular weight excluding hydrogens is 516 g/mol. The van der Waals surface area contributed by atoms with E-state index in [0.29, 0.717) is 5.82 Å². The van der Waals surface area contributed by atoms with E-state index in [-0.39, 0.29) is 10.8 Å². The Hall–Kier alpha value is -4.71. The van der Waals surface area contributed by atoms with Crippen molar-refractivity contribution in [3.05, 3.63) is 84.2 Å². The predicted octanol–water partition coefficient (Wildman–Crippen LogP) is 8.69. The first-order valence-corrected chi connectivity index (χ1v) is 14.5. The highest BCUT2D eigenvalue weighted by atomic mass is 15.1. The zero-order valence-corrected chi connectivity index (χ0v) is 25.0. The molecule has 4 aromatic heterocycles. The number of aryl methyl sites for hydroxylation is 1. The van der Waals surface area contributed by atoms with Crippen LogP contribution in [0, 0.1) is 6.92 Å². The molecule has 8 aromatic rings. The number of fused-ring (bicyclic) bond motifs is 7. The molecule has 6 nitrogen and oxygen atoms in total. The van der Waals surface area contributed by atoms with Gasteiger partial charge in [0.1, 0.15) is 18.0 Å². The van der Waals surface area contributed by atoms with Crippen LogP contribution in [0.25, 0.3) is 71.3 Å². The van der Waals surface area contributed by atoms with E-state index in [2.05, 4.69) is 114 Å². The van der Waals surface area contributed by atoms with Gasteiger partial charge in [-0.25, -0.2) is 24.9 Å². The minimum atomic E-state index is -0.237. The molecule has 206 valence electrons. The summed E-state index contributed by atoms with van der Waals surface area (Å²) in [5.74, 6) is 2.26. The molecule has 0 radical (unpaired) electrons. The first-order valence-electron chi connectivity index (χ1n) is 14.5. The number of hydrogen-bond acceptors (Lipinski definition) is 5. The highest BCUT2D eigenvalue weighted by molar-refractivity contribution is 6.31. The second-order valence-corrected chi connectivity index (χ2v) is 13.5. The van der Waals surface area contributed by atoms with E-state index in [4.69, 9.17) is 24.9 Å². The van der Waals surface area contributed by atoms with Gasteiger partial charge in [-0.1, -0.05) is 84.0 Å². The smallest absolute Gasteiger partial charge is 0.164 e. The van der Waals surface area contributed by atoms with Crippen molar-refractivity contribution in [1.82, 2.24) is 29.3 Å². The number of nitrogens with zero attached hydrogens (tertiary/aromatic N) is 6. The lowest BCUT2D eigenvalue weighted by atomic mass is 9.92. The van der Waals surface area contributed by atoms with Crippen LogP contribution in [0.1, 0.15) is 58.8 Å². The number of rotatable bonds is 1.